The van der Waals surface area contributed by atoms with Crippen molar-refractivity contribution < 1.29 is 13.2 Å². The summed E-state index contributed by atoms with van der Waals surface area (Å²) in [4.78, 5) is 0. The highest BCUT2D eigenvalue weighted by Gasteiger charge is 2.05. The van der Waals surface area contributed by atoms with Crippen LogP contribution in [0.5, 0.6) is 0 Å². The first-order valence-corrected chi connectivity index (χ1v) is 4.74. The molecular weight excluding hydrogens is 154 g/mol. The van der Waals surface area contributed by atoms with Gasteiger partial charge in [0.15, 0.2) is 0 Å². The highest BCUT2D eigenvalue weighted by molar-refractivity contribution is 7.89. The van der Waals surface area contributed by atoms with Crippen LogP contribution in [0, 0.1) is 0 Å². The lowest BCUT2D eigenvalue weighted by Crippen LogP contribution is -2.27. The van der Waals surface area contributed by atoms with Gasteiger partial charge in [0.05, 0.1) is 12.4 Å². The van der Waals surface area contributed by atoms with Crippen LogP contribution in [-0.2, 0) is 14.8 Å². The highest BCUT2D eigenvalue weighted by Crippen LogP contribution is 1.82. The van der Waals surface area contributed by atoms with Gasteiger partial charge in [0, 0.05) is 13.7 Å². The van der Waals surface area contributed by atoms with E-state index in [1.807, 2.05) is 0 Å². The Morgan fingerprint density at radius 1 is 1.50 bits per heavy atom. The molecule has 0 saturated heterocycles. The van der Waals surface area contributed by atoms with E-state index in [1.165, 1.54) is 7.11 Å². The third-order valence-corrected chi connectivity index (χ3v) is 2.35. The van der Waals surface area contributed by atoms with E-state index in [0.29, 0.717) is 6.54 Å². The zero-order valence-electron chi connectivity index (χ0n) is 6.25. The summed E-state index contributed by atoms with van der Waals surface area (Å²) in [5.41, 5.74) is 0. The molecule has 0 aliphatic rings. The Morgan fingerprint density at radius 3 is 2.50 bits per heavy atom. The average Bonchev–Trinajstić information content (AvgIpc) is 1.84. The molecule has 5 heteroatoms. The molecule has 0 radical (unpaired) electrons. The number of hydrogen-bond donors (Lipinski definition) is 1. The van der Waals surface area contributed by atoms with E-state index >= 15 is 0 Å². The van der Waals surface area contributed by atoms with Crippen LogP contribution < -0.4 is 4.72 Å². The molecule has 0 heterocycles. The Morgan fingerprint density at radius 2 is 2.10 bits per heavy atom. The zero-order valence-corrected chi connectivity index (χ0v) is 7.07. The second kappa shape index (κ2) is 4.65. The van der Waals surface area contributed by atoms with Gasteiger partial charge >= 0.3 is 0 Å². The first-order valence-electron chi connectivity index (χ1n) is 3.08. The Balaban J connectivity index is 3.65. The fourth-order valence-electron chi connectivity index (χ4n) is 0.485. The summed E-state index contributed by atoms with van der Waals surface area (Å²) >= 11 is 0. The van der Waals surface area contributed by atoms with Crippen LogP contribution >= 0.6 is 0 Å². The first-order chi connectivity index (χ1) is 4.62. The summed E-state index contributed by atoms with van der Waals surface area (Å²) in [5, 5.41) is 0. The lowest BCUT2D eigenvalue weighted by atomic mass is 10.8. The maximum Gasteiger partial charge on any atom is 0.213 e. The SMILES string of the molecule is CCNS(=O)(=O)CCOC. The number of ether oxygens (including phenoxy) is 1. The van der Waals surface area contributed by atoms with Crippen molar-refractivity contribution in [2.24, 2.45) is 0 Å². The fourth-order valence-corrected chi connectivity index (χ4v) is 1.46. The van der Waals surface area contributed by atoms with Crippen LogP contribution in [0.1, 0.15) is 6.92 Å². The summed E-state index contributed by atoms with van der Waals surface area (Å²) < 4.78 is 28.6. The Bertz CT molecular complexity index is 164. The largest absolute Gasteiger partial charge is 0.384 e. The summed E-state index contributed by atoms with van der Waals surface area (Å²) in [5.74, 6) is 0.0390. The lowest BCUT2D eigenvalue weighted by molar-refractivity contribution is 0.217. The molecule has 0 aromatic heterocycles. The van der Waals surface area contributed by atoms with E-state index in [9.17, 15) is 8.42 Å². The van der Waals surface area contributed by atoms with E-state index in [-0.39, 0.29) is 12.4 Å². The lowest BCUT2D eigenvalue weighted by Gasteiger charge is -2.01. The molecule has 0 unspecified atom stereocenters. The van der Waals surface area contributed by atoms with Crippen LogP contribution in [-0.4, -0.2) is 34.4 Å². The minimum atomic E-state index is -3.07. The Labute approximate surface area is 61.6 Å². The third kappa shape index (κ3) is 4.72. The normalized spacial score (nSPS) is 11.8. The van der Waals surface area contributed by atoms with Gasteiger partial charge in [-0.3, -0.25) is 0 Å². The second-order valence-electron chi connectivity index (χ2n) is 1.81. The van der Waals surface area contributed by atoms with Crippen LogP contribution in [0.2, 0.25) is 0 Å². The summed E-state index contributed by atoms with van der Waals surface area (Å²) in [6.45, 7) is 2.42. The third-order valence-electron chi connectivity index (χ3n) is 0.920. The van der Waals surface area contributed by atoms with Gasteiger partial charge in [-0.05, 0) is 0 Å². The van der Waals surface area contributed by atoms with Gasteiger partial charge in [0.25, 0.3) is 0 Å². The molecule has 0 rings (SSSR count). The van der Waals surface area contributed by atoms with E-state index in [0.717, 1.165) is 0 Å². The maximum absolute atomic E-state index is 10.8. The number of rotatable bonds is 5. The molecule has 0 aromatic rings. The average molecular weight is 167 g/mol. The van der Waals surface area contributed by atoms with E-state index in [2.05, 4.69) is 9.46 Å². The Hall–Kier alpha value is -0.130. The van der Waals surface area contributed by atoms with Crippen LogP contribution in [0.25, 0.3) is 0 Å². The smallest absolute Gasteiger partial charge is 0.213 e. The predicted octanol–water partition coefficient (Wildman–Crippen LogP) is -0.428. The number of nitrogens with one attached hydrogen (secondary N) is 1. The molecule has 0 aliphatic carbocycles. The summed E-state index contributed by atoms with van der Waals surface area (Å²) in [7, 11) is -1.60. The van der Waals surface area contributed by atoms with Crippen LogP contribution in [0.15, 0.2) is 0 Å². The van der Waals surface area contributed by atoms with Gasteiger partial charge in [0.1, 0.15) is 0 Å². The molecule has 0 aliphatic heterocycles. The monoisotopic (exact) mass is 167 g/mol. The van der Waals surface area contributed by atoms with Gasteiger partial charge in [-0.2, -0.15) is 0 Å². The molecular formula is C5H13NO3S. The topological polar surface area (TPSA) is 55.4 Å². The maximum atomic E-state index is 10.8. The molecule has 0 amide bonds. The van der Waals surface area contributed by atoms with E-state index in [1.54, 1.807) is 6.92 Å². The quantitative estimate of drug-likeness (QED) is 0.604. The van der Waals surface area contributed by atoms with Crippen molar-refractivity contribution in [3.63, 3.8) is 0 Å². The zero-order chi connectivity index (χ0) is 8.04. The van der Waals surface area contributed by atoms with Crippen molar-refractivity contribution in [2.75, 3.05) is 26.0 Å². The first kappa shape index (κ1) is 9.87. The van der Waals surface area contributed by atoms with Crippen molar-refractivity contribution in [3.05, 3.63) is 0 Å². The number of methoxy groups -OCH3 is 1. The van der Waals surface area contributed by atoms with Crippen molar-refractivity contribution in [2.45, 2.75) is 6.92 Å². The Kier molecular flexibility index (Phi) is 4.59. The standard InChI is InChI=1S/C5H13NO3S/c1-3-6-10(7,8)5-4-9-2/h6H,3-5H2,1-2H3. The highest BCUT2D eigenvalue weighted by atomic mass is 32.2. The van der Waals surface area contributed by atoms with Gasteiger partial charge in [-0.25, -0.2) is 13.1 Å². The van der Waals surface area contributed by atoms with Gasteiger partial charge in [0.2, 0.25) is 10.0 Å². The predicted molar refractivity (Wildman–Crippen MR) is 39.3 cm³/mol. The molecule has 0 fully saturated rings. The van der Waals surface area contributed by atoms with Gasteiger partial charge in [-0.15, -0.1) is 0 Å². The van der Waals surface area contributed by atoms with Gasteiger partial charge in [-0.1, -0.05) is 6.92 Å². The van der Waals surface area contributed by atoms with Crippen molar-refractivity contribution in [1.29, 1.82) is 0 Å². The molecule has 0 aromatic carbocycles. The van der Waals surface area contributed by atoms with Crippen molar-refractivity contribution in [3.8, 4) is 0 Å². The molecule has 0 bridgehead atoms. The summed E-state index contributed by atoms with van der Waals surface area (Å²) in [6.07, 6.45) is 0. The van der Waals surface area contributed by atoms with Crippen LogP contribution in [0.4, 0.5) is 0 Å². The number of sulfonamides is 1. The molecule has 0 saturated carbocycles. The van der Waals surface area contributed by atoms with Crippen molar-refractivity contribution in [1.82, 2.24) is 4.72 Å². The van der Waals surface area contributed by atoms with Crippen molar-refractivity contribution >= 4 is 10.0 Å². The molecule has 4 nitrogen and oxygen atoms in total. The fraction of sp³-hybridized carbons (Fsp3) is 1.00. The van der Waals surface area contributed by atoms with Gasteiger partial charge < -0.3 is 4.74 Å². The second-order valence-corrected chi connectivity index (χ2v) is 3.74. The molecule has 10 heavy (non-hydrogen) atoms. The minimum Gasteiger partial charge on any atom is -0.384 e. The summed E-state index contributed by atoms with van der Waals surface area (Å²) in [6, 6.07) is 0. The minimum absolute atomic E-state index is 0.0390. The molecule has 62 valence electrons. The molecule has 1 N–H and O–H groups in total. The molecule has 0 atom stereocenters. The molecule has 0 spiro atoms. The van der Waals surface area contributed by atoms with E-state index < -0.39 is 10.0 Å². The number of hydrogen-bond acceptors (Lipinski definition) is 3. The van der Waals surface area contributed by atoms with Crippen LogP contribution in [0.3, 0.4) is 0 Å². The van der Waals surface area contributed by atoms with E-state index in [4.69, 9.17) is 0 Å².